The molecule has 0 aromatic carbocycles. The van der Waals surface area contributed by atoms with E-state index in [0.29, 0.717) is 24.4 Å². The quantitative estimate of drug-likeness (QED) is 0.783. The van der Waals surface area contributed by atoms with Crippen molar-refractivity contribution in [2.45, 2.75) is 64.6 Å². The lowest BCUT2D eigenvalue weighted by Crippen LogP contribution is -2.25. The van der Waals surface area contributed by atoms with Gasteiger partial charge in [-0.05, 0) is 37.3 Å². The lowest BCUT2D eigenvalue weighted by molar-refractivity contribution is 0.194. The molecule has 118 valence electrons. The molecule has 2 aromatic heterocycles. The maximum absolute atomic E-state index is 6.04. The average molecular weight is 301 g/mol. The smallest absolute Gasteiger partial charge is 0.240 e. The number of nitrogens with zero attached hydrogens (tertiary/aromatic N) is 3. The van der Waals surface area contributed by atoms with Crippen LogP contribution in [0.3, 0.4) is 0 Å². The van der Waals surface area contributed by atoms with Crippen LogP contribution in [0.5, 0.6) is 0 Å². The maximum atomic E-state index is 6.04. The second-order valence-electron chi connectivity index (χ2n) is 6.72. The fourth-order valence-corrected chi connectivity index (χ4v) is 3.02. The summed E-state index contributed by atoms with van der Waals surface area (Å²) in [5.74, 6) is 5.14. The summed E-state index contributed by atoms with van der Waals surface area (Å²) in [4.78, 5) is 6.82. The summed E-state index contributed by atoms with van der Waals surface area (Å²) in [6.45, 7) is 5.87. The van der Waals surface area contributed by atoms with Crippen molar-refractivity contribution < 1.29 is 8.94 Å². The first kappa shape index (κ1) is 14.0. The van der Waals surface area contributed by atoms with Crippen LogP contribution >= 0.6 is 0 Å². The summed E-state index contributed by atoms with van der Waals surface area (Å²) in [5.41, 5.74) is 0. The Morgan fingerprint density at radius 3 is 2.73 bits per heavy atom. The largest absolute Gasteiger partial charge is 0.464 e. The van der Waals surface area contributed by atoms with Crippen molar-refractivity contribution in [1.82, 2.24) is 15.0 Å². The SMILES string of the molecule is CCc1noc(CN(Cc2ccc(C3CC3C)o2)C2CC2)n1. The Hall–Kier alpha value is -1.62. The maximum Gasteiger partial charge on any atom is 0.240 e. The van der Waals surface area contributed by atoms with Crippen LogP contribution in [0.4, 0.5) is 0 Å². The van der Waals surface area contributed by atoms with Gasteiger partial charge in [0.2, 0.25) is 5.89 Å². The lowest BCUT2D eigenvalue weighted by atomic mass is 10.3. The molecule has 5 nitrogen and oxygen atoms in total. The molecule has 2 atom stereocenters. The monoisotopic (exact) mass is 301 g/mol. The zero-order valence-electron chi connectivity index (χ0n) is 13.3. The normalized spacial score (nSPS) is 24.1. The van der Waals surface area contributed by atoms with E-state index in [0.717, 1.165) is 36.2 Å². The second-order valence-corrected chi connectivity index (χ2v) is 6.72. The van der Waals surface area contributed by atoms with Crippen LogP contribution in [0.1, 0.15) is 62.3 Å². The summed E-state index contributed by atoms with van der Waals surface area (Å²) in [6, 6.07) is 4.91. The first-order chi connectivity index (χ1) is 10.7. The van der Waals surface area contributed by atoms with Gasteiger partial charge >= 0.3 is 0 Å². The molecule has 0 amide bonds. The highest BCUT2D eigenvalue weighted by Gasteiger charge is 2.37. The van der Waals surface area contributed by atoms with Crippen LogP contribution in [-0.4, -0.2) is 21.1 Å². The van der Waals surface area contributed by atoms with E-state index in [1.54, 1.807) is 0 Å². The van der Waals surface area contributed by atoms with Gasteiger partial charge in [-0.3, -0.25) is 4.90 Å². The van der Waals surface area contributed by atoms with E-state index in [1.807, 2.05) is 6.92 Å². The second kappa shape index (κ2) is 5.54. The molecule has 2 fully saturated rings. The van der Waals surface area contributed by atoms with E-state index in [9.17, 15) is 0 Å². The standard InChI is InChI=1S/C17H23N3O2/c1-3-16-18-17(22-19-16)10-20(12-4-5-12)9-13-6-7-15(21-13)14-8-11(14)2/h6-7,11-12,14H,3-5,8-10H2,1-2H3. The van der Waals surface area contributed by atoms with Gasteiger partial charge in [-0.15, -0.1) is 0 Å². The minimum Gasteiger partial charge on any atom is -0.464 e. The Morgan fingerprint density at radius 2 is 2.09 bits per heavy atom. The molecular formula is C17H23N3O2. The van der Waals surface area contributed by atoms with E-state index in [-0.39, 0.29) is 0 Å². The van der Waals surface area contributed by atoms with E-state index < -0.39 is 0 Å². The third-order valence-electron chi connectivity index (χ3n) is 4.74. The minimum atomic E-state index is 0.630. The molecule has 2 heterocycles. The zero-order valence-corrected chi connectivity index (χ0v) is 13.3. The number of hydrogen-bond acceptors (Lipinski definition) is 5. The Labute approximate surface area is 130 Å². The van der Waals surface area contributed by atoms with Gasteiger partial charge in [-0.2, -0.15) is 4.98 Å². The Morgan fingerprint density at radius 1 is 1.27 bits per heavy atom. The highest BCUT2D eigenvalue weighted by Crippen LogP contribution is 2.47. The molecule has 2 aliphatic carbocycles. The predicted octanol–water partition coefficient (Wildman–Crippen LogP) is 3.51. The van der Waals surface area contributed by atoms with Crippen LogP contribution in [0.25, 0.3) is 0 Å². The van der Waals surface area contributed by atoms with Crippen molar-refractivity contribution in [3.8, 4) is 0 Å². The van der Waals surface area contributed by atoms with Crippen molar-refractivity contribution in [3.63, 3.8) is 0 Å². The highest BCUT2D eigenvalue weighted by molar-refractivity contribution is 5.17. The topological polar surface area (TPSA) is 55.3 Å². The van der Waals surface area contributed by atoms with Gasteiger partial charge in [0.05, 0.1) is 13.1 Å². The first-order valence-electron chi connectivity index (χ1n) is 8.37. The van der Waals surface area contributed by atoms with Gasteiger partial charge in [0.25, 0.3) is 0 Å². The van der Waals surface area contributed by atoms with E-state index >= 15 is 0 Å². The fourth-order valence-electron chi connectivity index (χ4n) is 3.02. The van der Waals surface area contributed by atoms with Gasteiger partial charge in [-0.1, -0.05) is 19.0 Å². The van der Waals surface area contributed by atoms with Crippen molar-refractivity contribution in [1.29, 1.82) is 0 Å². The Bertz CT molecular complexity index is 644. The average Bonchev–Trinajstić information content (AvgIpc) is 3.39. The third kappa shape index (κ3) is 2.95. The van der Waals surface area contributed by atoms with Crippen molar-refractivity contribution >= 4 is 0 Å². The molecule has 2 aliphatic rings. The number of aryl methyl sites for hydroxylation is 1. The molecule has 5 heteroatoms. The molecule has 2 unspecified atom stereocenters. The van der Waals surface area contributed by atoms with E-state index in [2.05, 4.69) is 34.1 Å². The van der Waals surface area contributed by atoms with Crippen LogP contribution in [0.2, 0.25) is 0 Å². The molecule has 2 saturated carbocycles. The molecule has 0 radical (unpaired) electrons. The Balaban J connectivity index is 1.42. The number of aromatic nitrogens is 2. The van der Waals surface area contributed by atoms with Crippen molar-refractivity contribution in [2.24, 2.45) is 5.92 Å². The van der Waals surface area contributed by atoms with Crippen LogP contribution in [-0.2, 0) is 19.5 Å². The summed E-state index contributed by atoms with van der Waals surface area (Å²) in [6.07, 6.45) is 4.58. The van der Waals surface area contributed by atoms with Crippen LogP contribution in [0.15, 0.2) is 21.1 Å². The molecule has 22 heavy (non-hydrogen) atoms. The highest BCUT2D eigenvalue weighted by atomic mass is 16.5. The molecule has 0 spiro atoms. The van der Waals surface area contributed by atoms with Gasteiger partial charge in [-0.25, -0.2) is 0 Å². The number of rotatable bonds is 7. The number of furan rings is 1. The van der Waals surface area contributed by atoms with Crippen LogP contribution in [0, 0.1) is 5.92 Å². The first-order valence-corrected chi connectivity index (χ1v) is 8.37. The van der Waals surface area contributed by atoms with E-state index in [4.69, 9.17) is 8.94 Å². The third-order valence-corrected chi connectivity index (χ3v) is 4.74. The molecule has 2 aromatic rings. The summed E-state index contributed by atoms with van der Waals surface area (Å²) in [5, 5.41) is 3.98. The van der Waals surface area contributed by atoms with Crippen molar-refractivity contribution in [3.05, 3.63) is 35.4 Å². The van der Waals surface area contributed by atoms with Gasteiger partial charge < -0.3 is 8.94 Å². The summed E-state index contributed by atoms with van der Waals surface area (Å²) >= 11 is 0. The molecule has 4 rings (SSSR count). The summed E-state index contributed by atoms with van der Waals surface area (Å²) in [7, 11) is 0. The predicted molar refractivity (Wildman–Crippen MR) is 81.2 cm³/mol. The zero-order chi connectivity index (χ0) is 15.1. The van der Waals surface area contributed by atoms with Crippen LogP contribution < -0.4 is 0 Å². The molecule has 0 bridgehead atoms. The molecular weight excluding hydrogens is 278 g/mol. The Kier molecular flexibility index (Phi) is 3.53. The molecule has 0 saturated heterocycles. The van der Waals surface area contributed by atoms with Gasteiger partial charge in [0.15, 0.2) is 5.82 Å². The summed E-state index contributed by atoms with van der Waals surface area (Å²) < 4.78 is 11.4. The van der Waals surface area contributed by atoms with Crippen molar-refractivity contribution in [2.75, 3.05) is 0 Å². The number of hydrogen-bond donors (Lipinski definition) is 0. The lowest BCUT2D eigenvalue weighted by Gasteiger charge is -2.18. The minimum absolute atomic E-state index is 0.630. The fraction of sp³-hybridized carbons (Fsp3) is 0.647. The van der Waals surface area contributed by atoms with Gasteiger partial charge in [0.1, 0.15) is 11.5 Å². The van der Waals surface area contributed by atoms with Gasteiger partial charge in [0, 0.05) is 18.4 Å². The molecule has 0 N–H and O–H groups in total. The van der Waals surface area contributed by atoms with E-state index in [1.165, 1.54) is 19.3 Å². The molecule has 0 aliphatic heterocycles.